The van der Waals surface area contributed by atoms with E-state index in [1.807, 2.05) is 6.07 Å². The summed E-state index contributed by atoms with van der Waals surface area (Å²) in [5, 5.41) is 6.69. The summed E-state index contributed by atoms with van der Waals surface area (Å²) in [6.45, 7) is -0.629. The first kappa shape index (κ1) is 19.6. The molecule has 1 aromatic heterocycles. The molecule has 10 heteroatoms. The number of rotatable bonds is 7. The average molecular weight is 446 g/mol. The molecule has 1 heterocycles. The molecule has 0 aliphatic heterocycles. The lowest BCUT2D eigenvalue weighted by Crippen LogP contribution is -2.41. The number of para-hydroxylation sites is 1. The van der Waals surface area contributed by atoms with Gasteiger partial charge in [0.2, 0.25) is 11.8 Å². The summed E-state index contributed by atoms with van der Waals surface area (Å²) in [6, 6.07) is 10.2. The van der Waals surface area contributed by atoms with E-state index in [0.717, 1.165) is 20.1 Å². The fourth-order valence-electron chi connectivity index (χ4n) is 1.84. The van der Waals surface area contributed by atoms with Crippen molar-refractivity contribution in [3.05, 3.63) is 46.3 Å². The molecule has 0 aliphatic rings. The second kappa shape index (κ2) is 8.56. The van der Waals surface area contributed by atoms with Crippen molar-refractivity contribution in [1.82, 2.24) is 9.62 Å². The minimum atomic E-state index is -3.70. The average Bonchev–Trinajstić information content (AvgIpc) is 3.10. The van der Waals surface area contributed by atoms with Gasteiger partial charge in [0, 0.05) is 11.5 Å². The lowest BCUT2D eigenvalue weighted by molar-refractivity contribution is -0.124. The highest BCUT2D eigenvalue weighted by molar-refractivity contribution is 9.10. The molecule has 0 saturated heterocycles. The molecule has 0 radical (unpaired) electrons. The van der Waals surface area contributed by atoms with Gasteiger partial charge in [-0.05, 0) is 39.5 Å². The quantitative estimate of drug-likeness (QED) is 0.679. The van der Waals surface area contributed by atoms with Crippen molar-refractivity contribution in [2.45, 2.75) is 4.21 Å². The molecular formula is C15H16BrN3O4S2. The molecule has 0 fully saturated rings. The molecule has 0 bridgehead atoms. The standard InChI is InChI=1S/C15H16BrN3O4S2/c1-19(25(22,23)15-7-4-8-24-15)10-14(21)17-9-13(20)18-12-6-3-2-5-11(12)16/h2-8H,9-10H2,1H3,(H,17,21)(H,18,20). The second-order valence-electron chi connectivity index (χ2n) is 5.00. The molecule has 0 spiro atoms. The fourth-order valence-corrected chi connectivity index (χ4v) is 4.55. The van der Waals surface area contributed by atoms with Crippen molar-refractivity contribution in [2.24, 2.45) is 0 Å². The number of anilines is 1. The summed E-state index contributed by atoms with van der Waals surface area (Å²) in [5.41, 5.74) is 0.583. The smallest absolute Gasteiger partial charge is 0.252 e. The molecule has 1 aromatic carbocycles. The van der Waals surface area contributed by atoms with Gasteiger partial charge in [0.15, 0.2) is 0 Å². The number of hydrogen-bond acceptors (Lipinski definition) is 5. The van der Waals surface area contributed by atoms with Crippen molar-refractivity contribution in [3.8, 4) is 0 Å². The van der Waals surface area contributed by atoms with Gasteiger partial charge in [0.1, 0.15) is 4.21 Å². The van der Waals surface area contributed by atoms with E-state index in [4.69, 9.17) is 0 Å². The molecule has 2 amide bonds. The van der Waals surface area contributed by atoms with E-state index in [2.05, 4.69) is 26.6 Å². The molecule has 0 saturated carbocycles. The number of benzene rings is 1. The van der Waals surface area contributed by atoms with Gasteiger partial charge < -0.3 is 10.6 Å². The Bertz CT molecular complexity index is 853. The predicted octanol–water partition coefficient (Wildman–Crippen LogP) is 1.89. The Labute approximate surface area is 158 Å². The normalized spacial score (nSPS) is 11.3. The molecule has 2 N–H and O–H groups in total. The number of nitrogens with zero attached hydrogens (tertiary/aromatic N) is 1. The maximum atomic E-state index is 12.2. The Morgan fingerprint density at radius 1 is 1.16 bits per heavy atom. The lowest BCUT2D eigenvalue weighted by Gasteiger charge is -2.15. The van der Waals surface area contributed by atoms with Crippen LogP contribution < -0.4 is 10.6 Å². The molecule has 7 nitrogen and oxygen atoms in total. The van der Waals surface area contributed by atoms with Crippen molar-refractivity contribution in [2.75, 3.05) is 25.5 Å². The van der Waals surface area contributed by atoms with E-state index < -0.39 is 21.8 Å². The number of likely N-dealkylation sites (N-methyl/N-ethyl adjacent to an activating group) is 1. The maximum absolute atomic E-state index is 12.2. The highest BCUT2D eigenvalue weighted by Crippen LogP contribution is 2.21. The zero-order valence-corrected chi connectivity index (χ0v) is 16.4. The minimum Gasteiger partial charge on any atom is -0.346 e. The van der Waals surface area contributed by atoms with Crippen molar-refractivity contribution < 1.29 is 18.0 Å². The number of carbonyl (C=O) groups is 2. The Kier molecular flexibility index (Phi) is 6.71. The lowest BCUT2D eigenvalue weighted by atomic mass is 10.3. The van der Waals surface area contributed by atoms with Crippen LogP contribution in [-0.4, -0.2) is 44.7 Å². The Morgan fingerprint density at radius 3 is 2.52 bits per heavy atom. The first-order valence-electron chi connectivity index (χ1n) is 7.11. The van der Waals surface area contributed by atoms with Crippen LogP contribution in [0.15, 0.2) is 50.5 Å². The molecule has 2 rings (SSSR count). The van der Waals surface area contributed by atoms with Crippen molar-refractivity contribution >= 4 is 54.8 Å². The van der Waals surface area contributed by atoms with E-state index in [0.29, 0.717) is 5.69 Å². The molecule has 0 atom stereocenters. The van der Waals surface area contributed by atoms with Gasteiger partial charge in [-0.2, -0.15) is 4.31 Å². The van der Waals surface area contributed by atoms with Crippen LogP contribution in [0, 0.1) is 0 Å². The van der Waals surface area contributed by atoms with Gasteiger partial charge in [-0.25, -0.2) is 8.42 Å². The van der Waals surface area contributed by atoms with Crippen LogP contribution in [0.2, 0.25) is 0 Å². The number of hydrogen-bond donors (Lipinski definition) is 2. The van der Waals surface area contributed by atoms with Crippen molar-refractivity contribution in [3.63, 3.8) is 0 Å². The highest BCUT2D eigenvalue weighted by atomic mass is 79.9. The van der Waals surface area contributed by atoms with Crippen LogP contribution in [0.5, 0.6) is 0 Å². The monoisotopic (exact) mass is 445 g/mol. The van der Waals surface area contributed by atoms with Crippen LogP contribution in [0.25, 0.3) is 0 Å². The summed E-state index contributed by atoms with van der Waals surface area (Å²) in [4.78, 5) is 23.8. The van der Waals surface area contributed by atoms with E-state index >= 15 is 0 Å². The predicted molar refractivity (Wildman–Crippen MR) is 99.9 cm³/mol. The largest absolute Gasteiger partial charge is 0.346 e. The first-order valence-corrected chi connectivity index (χ1v) is 10.2. The molecule has 134 valence electrons. The van der Waals surface area contributed by atoms with Crippen LogP contribution in [0.1, 0.15) is 0 Å². The molecule has 0 aliphatic carbocycles. The third-order valence-corrected chi connectivity index (χ3v) is 6.99. The molecule has 25 heavy (non-hydrogen) atoms. The minimum absolute atomic E-state index is 0.162. The van der Waals surface area contributed by atoms with Gasteiger partial charge in [-0.3, -0.25) is 9.59 Å². The molecule has 2 aromatic rings. The second-order valence-corrected chi connectivity index (χ2v) is 9.07. The Balaban J connectivity index is 1.84. The highest BCUT2D eigenvalue weighted by Gasteiger charge is 2.23. The topological polar surface area (TPSA) is 95.6 Å². The third kappa shape index (κ3) is 5.36. The Hall–Kier alpha value is -1.75. The van der Waals surface area contributed by atoms with Crippen LogP contribution in [0.4, 0.5) is 5.69 Å². The van der Waals surface area contributed by atoms with Gasteiger partial charge in [-0.15, -0.1) is 11.3 Å². The van der Waals surface area contributed by atoms with Gasteiger partial charge in [0.25, 0.3) is 10.0 Å². The SMILES string of the molecule is CN(CC(=O)NCC(=O)Nc1ccccc1Br)S(=O)(=O)c1cccs1. The number of sulfonamides is 1. The number of carbonyl (C=O) groups excluding carboxylic acids is 2. The number of nitrogens with one attached hydrogen (secondary N) is 2. The molecular weight excluding hydrogens is 430 g/mol. The third-order valence-electron chi connectivity index (χ3n) is 3.12. The maximum Gasteiger partial charge on any atom is 0.252 e. The van der Waals surface area contributed by atoms with Crippen LogP contribution in [0.3, 0.4) is 0 Å². The van der Waals surface area contributed by atoms with Crippen LogP contribution in [-0.2, 0) is 19.6 Å². The summed E-state index contributed by atoms with van der Waals surface area (Å²) in [5.74, 6) is -0.978. The van der Waals surface area contributed by atoms with E-state index in [9.17, 15) is 18.0 Å². The zero-order chi connectivity index (χ0) is 18.4. The summed E-state index contributed by atoms with van der Waals surface area (Å²) >= 11 is 4.38. The van der Waals surface area contributed by atoms with E-state index in [-0.39, 0.29) is 17.3 Å². The Morgan fingerprint density at radius 2 is 1.88 bits per heavy atom. The summed E-state index contributed by atoms with van der Waals surface area (Å²) in [6.07, 6.45) is 0. The fraction of sp³-hybridized carbons (Fsp3) is 0.200. The van der Waals surface area contributed by atoms with Gasteiger partial charge in [-0.1, -0.05) is 18.2 Å². The van der Waals surface area contributed by atoms with Gasteiger partial charge >= 0.3 is 0 Å². The van der Waals surface area contributed by atoms with E-state index in [1.54, 1.807) is 29.6 Å². The number of thiophene rings is 1. The summed E-state index contributed by atoms with van der Waals surface area (Å²) < 4.78 is 26.3. The number of amides is 2. The number of halogens is 1. The summed E-state index contributed by atoms with van der Waals surface area (Å²) in [7, 11) is -2.38. The van der Waals surface area contributed by atoms with Crippen molar-refractivity contribution in [1.29, 1.82) is 0 Å². The van der Waals surface area contributed by atoms with Crippen LogP contribution >= 0.6 is 27.3 Å². The first-order chi connectivity index (χ1) is 11.8. The molecule has 0 unspecified atom stereocenters. The zero-order valence-electron chi connectivity index (χ0n) is 13.2. The van der Waals surface area contributed by atoms with E-state index in [1.165, 1.54) is 13.1 Å². The van der Waals surface area contributed by atoms with Gasteiger partial charge in [0.05, 0.1) is 18.8 Å².